The van der Waals surface area contributed by atoms with E-state index in [9.17, 15) is 0 Å². The maximum atomic E-state index is 5.50. The topological polar surface area (TPSA) is 59.2 Å². The second-order valence-electron chi connectivity index (χ2n) is 14.6. The molecular weight excluding hydrogens is 685 g/mol. The standard InChI is InChI=1S/C50H38N6/c1-5-17-33(18-6-1)42-31-37(32-43(51-42)34-19-7-2-8-20-34)55-44-27-15-13-25-38(44)40-29-30-41-39-26-14-16-28-45(39)56(47(41)46(40)55)50-53-48(35-21-9-3-10-22-35)52-49(54-50)36-23-11-4-12-24-36/h1-13,15,17-32,48,50,53H,14,16H2,(H,52,54). The van der Waals surface area contributed by atoms with Crippen molar-refractivity contribution in [2.75, 3.05) is 0 Å². The molecule has 2 atom stereocenters. The van der Waals surface area contributed by atoms with E-state index in [-0.39, 0.29) is 6.17 Å². The van der Waals surface area contributed by atoms with Crippen LogP contribution in [-0.2, 0) is 0 Å². The predicted octanol–water partition coefficient (Wildman–Crippen LogP) is 9.62. The lowest BCUT2D eigenvalue weighted by molar-refractivity contribution is 0.331. The SMILES string of the molecule is C1=c2c(n(C3N=C(c4ccccc4)NC(c4ccccc4)N3)c3c2ccc2c4ccccc4n(-c4cc(-c5ccccc5)nc(-c5ccccc5)c4)c23)=CCC1. The number of hydrogen-bond donors (Lipinski definition) is 2. The van der Waals surface area contributed by atoms with Crippen molar-refractivity contribution >= 4 is 50.7 Å². The van der Waals surface area contributed by atoms with Crippen LogP contribution in [-0.4, -0.2) is 20.0 Å². The molecule has 0 amide bonds. The van der Waals surface area contributed by atoms with E-state index in [1.807, 2.05) is 0 Å². The van der Waals surface area contributed by atoms with Crippen LogP contribution in [0.15, 0.2) is 175 Å². The molecule has 9 aromatic rings. The quantitative estimate of drug-likeness (QED) is 0.180. The van der Waals surface area contributed by atoms with E-state index in [2.05, 4.69) is 202 Å². The molecule has 268 valence electrons. The molecule has 6 heteroatoms. The molecule has 6 aromatic carbocycles. The molecule has 1 aliphatic carbocycles. The zero-order chi connectivity index (χ0) is 37.0. The van der Waals surface area contributed by atoms with Crippen LogP contribution in [0.4, 0.5) is 0 Å². The monoisotopic (exact) mass is 722 g/mol. The van der Waals surface area contributed by atoms with Gasteiger partial charge in [-0.05, 0) is 36.6 Å². The Kier molecular flexibility index (Phi) is 7.74. The predicted molar refractivity (Wildman–Crippen MR) is 230 cm³/mol. The van der Waals surface area contributed by atoms with E-state index in [0.717, 1.165) is 74.6 Å². The number of nitrogens with zero attached hydrogens (tertiary/aromatic N) is 4. The molecule has 2 N–H and O–H groups in total. The summed E-state index contributed by atoms with van der Waals surface area (Å²) in [7, 11) is 0. The molecule has 11 rings (SSSR count). The number of hydrogen-bond acceptors (Lipinski definition) is 4. The molecular formula is C50H38N6. The molecule has 0 fully saturated rings. The summed E-state index contributed by atoms with van der Waals surface area (Å²) in [6.07, 6.45) is 6.23. The van der Waals surface area contributed by atoms with Crippen molar-refractivity contribution in [3.05, 3.63) is 192 Å². The van der Waals surface area contributed by atoms with Gasteiger partial charge < -0.3 is 14.5 Å². The second-order valence-corrected chi connectivity index (χ2v) is 14.6. The summed E-state index contributed by atoms with van der Waals surface area (Å²) in [4.78, 5) is 10.8. The minimum absolute atomic E-state index is 0.165. The van der Waals surface area contributed by atoms with Gasteiger partial charge in [-0.1, -0.05) is 164 Å². The van der Waals surface area contributed by atoms with E-state index in [0.29, 0.717) is 0 Å². The molecule has 2 unspecified atom stereocenters. The average molecular weight is 723 g/mol. The summed E-state index contributed by atoms with van der Waals surface area (Å²) in [5.41, 5.74) is 10.7. The van der Waals surface area contributed by atoms with Crippen LogP contribution in [0.5, 0.6) is 0 Å². The van der Waals surface area contributed by atoms with Gasteiger partial charge in [-0.2, -0.15) is 0 Å². The molecule has 1 aliphatic heterocycles. The van der Waals surface area contributed by atoms with Crippen LogP contribution in [0, 0.1) is 0 Å². The van der Waals surface area contributed by atoms with Crippen molar-refractivity contribution in [3.63, 3.8) is 0 Å². The van der Waals surface area contributed by atoms with E-state index < -0.39 is 6.29 Å². The van der Waals surface area contributed by atoms with Crippen LogP contribution >= 0.6 is 0 Å². The highest BCUT2D eigenvalue weighted by Crippen LogP contribution is 2.39. The lowest BCUT2D eigenvalue weighted by atomic mass is 10.1. The van der Waals surface area contributed by atoms with Crippen LogP contribution in [0.3, 0.4) is 0 Å². The summed E-state index contributed by atoms with van der Waals surface area (Å²) in [6, 6.07) is 60.0. The average Bonchev–Trinajstić information content (AvgIpc) is 3.81. The molecule has 4 heterocycles. The van der Waals surface area contributed by atoms with Gasteiger partial charge in [0.1, 0.15) is 12.0 Å². The van der Waals surface area contributed by atoms with E-state index in [1.54, 1.807) is 0 Å². The van der Waals surface area contributed by atoms with E-state index >= 15 is 0 Å². The summed E-state index contributed by atoms with van der Waals surface area (Å²) in [5.74, 6) is 0.862. The first-order valence-corrected chi connectivity index (χ1v) is 19.4. The van der Waals surface area contributed by atoms with Crippen molar-refractivity contribution in [2.45, 2.75) is 25.3 Å². The van der Waals surface area contributed by atoms with Gasteiger partial charge in [0.2, 0.25) is 0 Å². The number of pyridine rings is 1. The van der Waals surface area contributed by atoms with Crippen molar-refractivity contribution in [2.24, 2.45) is 4.99 Å². The Balaban J connectivity index is 1.24. The van der Waals surface area contributed by atoms with Crippen molar-refractivity contribution in [1.82, 2.24) is 24.8 Å². The molecule has 0 saturated heterocycles. The number of aromatic nitrogens is 3. The Morgan fingerprint density at radius 3 is 1.82 bits per heavy atom. The first kappa shape index (κ1) is 32.4. The fourth-order valence-corrected chi connectivity index (χ4v) is 8.68. The molecule has 0 saturated carbocycles. The van der Waals surface area contributed by atoms with Crippen LogP contribution in [0.25, 0.3) is 73.1 Å². The Labute approximate surface area is 324 Å². The molecule has 56 heavy (non-hydrogen) atoms. The number of amidine groups is 1. The number of para-hydroxylation sites is 1. The Morgan fingerprint density at radius 2 is 1.12 bits per heavy atom. The van der Waals surface area contributed by atoms with Gasteiger partial charge in [-0.3, -0.25) is 5.32 Å². The van der Waals surface area contributed by atoms with Gasteiger partial charge >= 0.3 is 0 Å². The zero-order valence-electron chi connectivity index (χ0n) is 30.7. The van der Waals surface area contributed by atoms with Gasteiger partial charge in [0.15, 0.2) is 6.29 Å². The molecule has 2 aliphatic rings. The third kappa shape index (κ3) is 5.37. The third-order valence-electron chi connectivity index (χ3n) is 11.2. The Morgan fingerprint density at radius 1 is 0.536 bits per heavy atom. The van der Waals surface area contributed by atoms with Gasteiger partial charge in [0.05, 0.1) is 33.6 Å². The molecule has 0 bridgehead atoms. The maximum Gasteiger partial charge on any atom is 0.184 e. The zero-order valence-corrected chi connectivity index (χ0v) is 30.7. The summed E-state index contributed by atoms with van der Waals surface area (Å²) < 4.78 is 4.93. The van der Waals surface area contributed by atoms with E-state index in [4.69, 9.17) is 9.98 Å². The summed E-state index contributed by atoms with van der Waals surface area (Å²) in [5, 5.41) is 13.8. The van der Waals surface area contributed by atoms with Crippen molar-refractivity contribution < 1.29 is 0 Å². The fraction of sp³-hybridized carbons (Fsp3) is 0.0800. The molecule has 0 radical (unpaired) electrons. The second kappa shape index (κ2) is 13.4. The lowest BCUT2D eigenvalue weighted by Gasteiger charge is -2.33. The minimum atomic E-state index is -0.403. The maximum absolute atomic E-state index is 5.50. The Bertz CT molecular complexity index is 3020. The summed E-state index contributed by atoms with van der Waals surface area (Å²) >= 11 is 0. The molecule has 6 nitrogen and oxygen atoms in total. The number of fused-ring (bicyclic) bond motifs is 7. The highest BCUT2D eigenvalue weighted by atomic mass is 15.4. The van der Waals surface area contributed by atoms with Crippen LogP contribution in [0.2, 0.25) is 0 Å². The first-order valence-electron chi connectivity index (χ1n) is 19.4. The lowest BCUT2D eigenvalue weighted by Crippen LogP contribution is -2.49. The van der Waals surface area contributed by atoms with Crippen molar-refractivity contribution in [1.29, 1.82) is 0 Å². The Hall–Kier alpha value is -7.02. The summed E-state index contributed by atoms with van der Waals surface area (Å²) in [6.45, 7) is 0. The third-order valence-corrected chi connectivity index (χ3v) is 11.2. The smallest absolute Gasteiger partial charge is 0.184 e. The number of rotatable bonds is 6. The highest BCUT2D eigenvalue weighted by molar-refractivity contribution is 6.18. The number of benzene rings is 6. The van der Waals surface area contributed by atoms with E-state index in [1.165, 1.54) is 26.7 Å². The number of aliphatic imine (C=N–C) groups is 1. The minimum Gasteiger partial charge on any atom is -0.350 e. The number of nitrogens with one attached hydrogen (secondary N) is 2. The normalized spacial score (nSPS) is 16.5. The first-order chi connectivity index (χ1) is 27.8. The van der Waals surface area contributed by atoms with Gasteiger partial charge in [0.25, 0.3) is 0 Å². The van der Waals surface area contributed by atoms with Crippen LogP contribution in [0.1, 0.15) is 36.4 Å². The largest absolute Gasteiger partial charge is 0.350 e. The fourth-order valence-electron chi connectivity index (χ4n) is 8.68. The van der Waals surface area contributed by atoms with Gasteiger partial charge in [-0.15, -0.1) is 0 Å². The highest BCUT2D eigenvalue weighted by Gasteiger charge is 2.29. The van der Waals surface area contributed by atoms with Crippen LogP contribution < -0.4 is 21.2 Å². The van der Waals surface area contributed by atoms with Crippen molar-refractivity contribution in [3.8, 4) is 28.2 Å². The van der Waals surface area contributed by atoms with Gasteiger partial charge in [0, 0.05) is 43.4 Å². The van der Waals surface area contributed by atoms with Gasteiger partial charge in [-0.25, -0.2) is 9.98 Å². The molecule has 0 spiro atoms. The molecule has 3 aromatic heterocycles.